The van der Waals surface area contributed by atoms with E-state index in [-0.39, 0.29) is 11.8 Å². The topological polar surface area (TPSA) is 84.7 Å². The summed E-state index contributed by atoms with van der Waals surface area (Å²) in [6, 6.07) is 7.28. The Hall–Kier alpha value is -2.67. The van der Waals surface area contributed by atoms with Gasteiger partial charge >= 0.3 is 0 Å². The number of piperidine rings is 1. The van der Waals surface area contributed by atoms with Gasteiger partial charge in [-0.1, -0.05) is 6.07 Å². The Bertz CT molecular complexity index is 767. The van der Waals surface area contributed by atoms with Gasteiger partial charge in [-0.15, -0.1) is 0 Å². The Balaban J connectivity index is 1.36. The third-order valence-electron chi connectivity index (χ3n) is 5.05. The number of pyridine rings is 1. The van der Waals surface area contributed by atoms with Crippen molar-refractivity contribution in [2.45, 2.75) is 38.8 Å². The van der Waals surface area contributed by atoms with E-state index in [0.717, 1.165) is 24.8 Å². The van der Waals surface area contributed by atoms with Crippen LogP contribution >= 0.6 is 0 Å². The lowest BCUT2D eigenvalue weighted by atomic mass is 9.92. The molecule has 1 saturated heterocycles. The molecular formula is C21H27N3O4. The molecule has 0 radical (unpaired) electrons. The molecule has 0 bridgehead atoms. The first-order valence-electron chi connectivity index (χ1n) is 9.68. The van der Waals surface area contributed by atoms with E-state index < -0.39 is 0 Å². The molecule has 150 valence electrons. The number of hydrogen-bond acceptors (Lipinski definition) is 5. The second kappa shape index (κ2) is 10.0. The molecule has 0 unspecified atom stereocenters. The smallest absolute Gasteiger partial charge is 0.289 e. The fourth-order valence-electron chi connectivity index (χ4n) is 3.42. The Morgan fingerprint density at radius 1 is 1.29 bits per heavy atom. The Morgan fingerprint density at radius 2 is 2.11 bits per heavy atom. The van der Waals surface area contributed by atoms with Crippen LogP contribution in [0.25, 0.3) is 0 Å². The molecule has 3 heterocycles. The number of methoxy groups -OCH3 is 1. The molecule has 7 nitrogen and oxygen atoms in total. The molecule has 7 heteroatoms. The standard InChI is InChI=1S/C21H27N3O4/c1-27-15-18-5-6-19(28-18)21(26)24-11-8-16(9-12-24)4-7-20(25)23-14-17-3-2-10-22-13-17/h2-3,5-6,10,13,16H,4,7-9,11-12,14-15H2,1H3,(H,23,25). The normalized spacial score (nSPS) is 14.8. The van der Waals surface area contributed by atoms with Crippen LogP contribution in [0, 0.1) is 5.92 Å². The van der Waals surface area contributed by atoms with E-state index in [1.807, 2.05) is 17.0 Å². The zero-order valence-electron chi connectivity index (χ0n) is 16.2. The zero-order chi connectivity index (χ0) is 19.8. The first kappa shape index (κ1) is 20.1. The van der Waals surface area contributed by atoms with Gasteiger partial charge in [0.1, 0.15) is 12.4 Å². The first-order valence-corrected chi connectivity index (χ1v) is 9.68. The summed E-state index contributed by atoms with van der Waals surface area (Å²) in [5, 5.41) is 2.93. The van der Waals surface area contributed by atoms with Crippen LogP contribution in [0.2, 0.25) is 0 Å². The summed E-state index contributed by atoms with van der Waals surface area (Å²) in [7, 11) is 1.59. The first-order chi connectivity index (χ1) is 13.7. The van der Waals surface area contributed by atoms with Crippen LogP contribution in [0.5, 0.6) is 0 Å². The van der Waals surface area contributed by atoms with E-state index in [0.29, 0.717) is 50.1 Å². The van der Waals surface area contributed by atoms with Crippen LogP contribution < -0.4 is 5.32 Å². The highest BCUT2D eigenvalue weighted by Gasteiger charge is 2.25. The fraction of sp³-hybridized carbons (Fsp3) is 0.476. The number of likely N-dealkylation sites (tertiary alicyclic amines) is 1. The largest absolute Gasteiger partial charge is 0.453 e. The third-order valence-corrected chi connectivity index (χ3v) is 5.05. The zero-order valence-corrected chi connectivity index (χ0v) is 16.2. The van der Waals surface area contributed by atoms with Crippen molar-refractivity contribution >= 4 is 11.8 Å². The van der Waals surface area contributed by atoms with Gasteiger partial charge in [0.25, 0.3) is 5.91 Å². The molecule has 28 heavy (non-hydrogen) atoms. The van der Waals surface area contributed by atoms with Crippen molar-refractivity contribution in [2.24, 2.45) is 5.92 Å². The van der Waals surface area contributed by atoms with Crippen molar-refractivity contribution in [3.63, 3.8) is 0 Å². The maximum atomic E-state index is 12.5. The summed E-state index contributed by atoms with van der Waals surface area (Å²) < 4.78 is 10.5. The summed E-state index contributed by atoms with van der Waals surface area (Å²) in [6.07, 6.45) is 6.65. The molecule has 2 amide bonds. The molecule has 0 aliphatic carbocycles. The van der Waals surface area contributed by atoms with E-state index >= 15 is 0 Å². The summed E-state index contributed by atoms with van der Waals surface area (Å²) in [5.74, 6) is 1.46. The van der Waals surface area contributed by atoms with Crippen molar-refractivity contribution in [1.82, 2.24) is 15.2 Å². The minimum Gasteiger partial charge on any atom is -0.453 e. The SMILES string of the molecule is COCc1ccc(C(=O)N2CCC(CCC(=O)NCc3cccnc3)CC2)o1. The molecule has 1 aliphatic rings. The van der Waals surface area contributed by atoms with Gasteiger partial charge in [-0.25, -0.2) is 0 Å². The summed E-state index contributed by atoms with van der Waals surface area (Å²) >= 11 is 0. The van der Waals surface area contributed by atoms with Gasteiger partial charge in [-0.05, 0) is 48.9 Å². The monoisotopic (exact) mass is 385 g/mol. The van der Waals surface area contributed by atoms with Crippen LogP contribution in [-0.4, -0.2) is 41.9 Å². The van der Waals surface area contributed by atoms with Crippen LogP contribution in [-0.2, 0) is 22.7 Å². The van der Waals surface area contributed by atoms with Gasteiger partial charge in [0.15, 0.2) is 5.76 Å². The number of nitrogens with one attached hydrogen (secondary N) is 1. The number of carbonyl (C=O) groups is 2. The molecular weight excluding hydrogens is 358 g/mol. The molecule has 0 saturated carbocycles. The Morgan fingerprint density at radius 3 is 2.82 bits per heavy atom. The van der Waals surface area contributed by atoms with Crippen molar-refractivity contribution < 1.29 is 18.7 Å². The van der Waals surface area contributed by atoms with E-state index in [2.05, 4.69) is 10.3 Å². The van der Waals surface area contributed by atoms with Crippen LogP contribution in [0.1, 0.15) is 47.6 Å². The predicted molar refractivity (Wildman–Crippen MR) is 103 cm³/mol. The minimum atomic E-state index is -0.0741. The second-order valence-corrected chi connectivity index (χ2v) is 7.11. The van der Waals surface area contributed by atoms with Gasteiger partial charge in [0.2, 0.25) is 5.91 Å². The second-order valence-electron chi connectivity index (χ2n) is 7.11. The number of nitrogens with zero attached hydrogens (tertiary/aromatic N) is 2. The lowest BCUT2D eigenvalue weighted by molar-refractivity contribution is -0.121. The fourth-order valence-corrected chi connectivity index (χ4v) is 3.42. The molecule has 2 aromatic rings. The number of furan rings is 1. The van der Waals surface area contributed by atoms with Crippen molar-refractivity contribution in [3.05, 3.63) is 53.7 Å². The molecule has 2 aromatic heterocycles. The van der Waals surface area contributed by atoms with Crippen molar-refractivity contribution in [1.29, 1.82) is 0 Å². The van der Waals surface area contributed by atoms with Gasteiger partial charge in [-0.2, -0.15) is 0 Å². The molecule has 1 fully saturated rings. The molecule has 1 aliphatic heterocycles. The Kier molecular flexibility index (Phi) is 7.19. The van der Waals surface area contributed by atoms with E-state index in [1.54, 1.807) is 31.6 Å². The number of rotatable bonds is 8. The highest BCUT2D eigenvalue weighted by molar-refractivity contribution is 5.91. The Labute approximate surface area is 165 Å². The van der Waals surface area contributed by atoms with Gasteiger partial charge in [0, 0.05) is 45.6 Å². The number of ether oxygens (including phenoxy) is 1. The summed E-state index contributed by atoms with van der Waals surface area (Å²) in [5.41, 5.74) is 0.995. The highest BCUT2D eigenvalue weighted by atomic mass is 16.5. The lowest BCUT2D eigenvalue weighted by Crippen LogP contribution is -2.38. The highest BCUT2D eigenvalue weighted by Crippen LogP contribution is 2.23. The van der Waals surface area contributed by atoms with Crippen LogP contribution in [0.4, 0.5) is 0 Å². The minimum absolute atomic E-state index is 0.0589. The van der Waals surface area contributed by atoms with Crippen molar-refractivity contribution in [3.8, 4) is 0 Å². The molecule has 3 rings (SSSR count). The number of aromatic nitrogens is 1. The summed E-state index contributed by atoms with van der Waals surface area (Å²) in [4.78, 5) is 30.5. The van der Waals surface area contributed by atoms with Gasteiger partial charge in [0.05, 0.1) is 0 Å². The third kappa shape index (κ3) is 5.66. The van der Waals surface area contributed by atoms with Crippen LogP contribution in [0.15, 0.2) is 41.1 Å². The predicted octanol–water partition coefficient (Wildman–Crippen LogP) is 2.77. The van der Waals surface area contributed by atoms with E-state index in [1.165, 1.54) is 0 Å². The molecule has 0 spiro atoms. The van der Waals surface area contributed by atoms with Gasteiger partial charge < -0.3 is 19.4 Å². The average molecular weight is 385 g/mol. The number of carbonyl (C=O) groups excluding carboxylic acids is 2. The van der Waals surface area contributed by atoms with E-state index in [4.69, 9.17) is 9.15 Å². The molecule has 0 aromatic carbocycles. The van der Waals surface area contributed by atoms with Crippen LogP contribution in [0.3, 0.4) is 0 Å². The lowest BCUT2D eigenvalue weighted by Gasteiger charge is -2.31. The summed E-state index contributed by atoms with van der Waals surface area (Å²) in [6.45, 7) is 2.26. The number of amides is 2. The number of hydrogen-bond donors (Lipinski definition) is 1. The maximum Gasteiger partial charge on any atom is 0.289 e. The average Bonchev–Trinajstić information content (AvgIpc) is 3.20. The quantitative estimate of drug-likeness (QED) is 0.755. The van der Waals surface area contributed by atoms with E-state index in [9.17, 15) is 9.59 Å². The molecule has 1 N–H and O–H groups in total. The maximum absolute atomic E-state index is 12.5. The van der Waals surface area contributed by atoms with Crippen molar-refractivity contribution in [2.75, 3.05) is 20.2 Å². The van der Waals surface area contributed by atoms with Gasteiger partial charge in [-0.3, -0.25) is 14.6 Å². The molecule has 0 atom stereocenters.